The van der Waals surface area contributed by atoms with E-state index in [9.17, 15) is 14.4 Å². The Morgan fingerprint density at radius 2 is 1.50 bits per heavy atom. The summed E-state index contributed by atoms with van der Waals surface area (Å²) in [6.07, 6.45) is 0.591. The number of nitrogens with one attached hydrogen (secondary N) is 1. The maximum atomic E-state index is 13.5. The second-order valence-electron chi connectivity index (χ2n) is 6.93. The maximum Gasteiger partial charge on any atom is 0.344 e. The fourth-order valence-electron chi connectivity index (χ4n) is 3.42. The van der Waals surface area contributed by atoms with Crippen molar-refractivity contribution in [1.29, 1.82) is 0 Å². The molecule has 30 heavy (non-hydrogen) atoms. The average molecular weight is 405 g/mol. The second-order valence-corrected chi connectivity index (χ2v) is 6.93. The molecule has 1 aromatic heterocycles. The van der Waals surface area contributed by atoms with E-state index in [-0.39, 0.29) is 16.9 Å². The molecule has 0 aliphatic heterocycles. The summed E-state index contributed by atoms with van der Waals surface area (Å²) in [4.78, 5) is 40.5. The maximum absolute atomic E-state index is 13.5. The Bertz CT molecular complexity index is 1080. The Balaban J connectivity index is 1.97. The van der Waals surface area contributed by atoms with E-state index in [2.05, 4.69) is 9.72 Å². The normalized spacial score (nSPS) is 10.5. The first-order valence-electron chi connectivity index (χ1n) is 9.52. The first kappa shape index (κ1) is 21.0. The summed E-state index contributed by atoms with van der Waals surface area (Å²) in [5.41, 5.74) is 3.92. The van der Waals surface area contributed by atoms with Crippen molar-refractivity contribution in [2.24, 2.45) is 0 Å². The van der Waals surface area contributed by atoms with Crippen LogP contribution in [0, 0.1) is 13.8 Å². The lowest BCUT2D eigenvalue weighted by Gasteiger charge is -2.11. The van der Waals surface area contributed by atoms with Gasteiger partial charge in [0.1, 0.15) is 0 Å². The lowest BCUT2D eigenvalue weighted by molar-refractivity contribution is -0.144. The molecule has 0 spiro atoms. The third-order valence-corrected chi connectivity index (χ3v) is 4.85. The molecule has 0 atom stereocenters. The third-order valence-electron chi connectivity index (χ3n) is 4.85. The number of carbonyl (C=O) groups is 3. The molecule has 0 amide bonds. The number of ether oxygens (including phenoxy) is 2. The number of carbonyl (C=O) groups excluding carboxylic acids is 3. The molecule has 0 saturated heterocycles. The first-order chi connectivity index (χ1) is 14.4. The van der Waals surface area contributed by atoms with E-state index in [4.69, 9.17) is 4.74 Å². The van der Waals surface area contributed by atoms with Crippen LogP contribution in [0.15, 0.2) is 54.6 Å². The van der Waals surface area contributed by atoms with Crippen molar-refractivity contribution in [3.05, 3.63) is 93.8 Å². The summed E-state index contributed by atoms with van der Waals surface area (Å²) in [5, 5.41) is 0. The van der Waals surface area contributed by atoms with E-state index in [1.807, 2.05) is 42.5 Å². The Morgan fingerprint density at radius 3 is 2.20 bits per heavy atom. The zero-order valence-electron chi connectivity index (χ0n) is 17.2. The van der Waals surface area contributed by atoms with Gasteiger partial charge in [-0.1, -0.05) is 54.6 Å². The second kappa shape index (κ2) is 9.22. The quantitative estimate of drug-likeness (QED) is 0.478. The molecule has 1 N–H and O–H groups in total. The van der Waals surface area contributed by atoms with Crippen LogP contribution in [0.2, 0.25) is 0 Å². The number of ketones is 1. The Kier molecular flexibility index (Phi) is 6.47. The van der Waals surface area contributed by atoms with Gasteiger partial charge in [-0.3, -0.25) is 4.79 Å². The lowest BCUT2D eigenvalue weighted by atomic mass is 9.92. The number of hydrogen-bond donors (Lipinski definition) is 1. The fraction of sp³-hybridized carbons (Fsp3) is 0.208. The average Bonchev–Trinajstić information content (AvgIpc) is 3.06. The van der Waals surface area contributed by atoms with Gasteiger partial charge in [-0.15, -0.1) is 0 Å². The van der Waals surface area contributed by atoms with Crippen LogP contribution in [0.5, 0.6) is 0 Å². The molecular formula is C24H23NO5. The Morgan fingerprint density at radius 1 is 0.867 bits per heavy atom. The number of aromatic amines is 1. The Hall–Kier alpha value is -3.67. The Labute approximate surface area is 174 Å². The smallest absolute Gasteiger partial charge is 0.344 e. The highest BCUT2D eigenvalue weighted by molar-refractivity contribution is 6.16. The van der Waals surface area contributed by atoms with Crippen LogP contribution in [-0.2, 0) is 20.7 Å². The van der Waals surface area contributed by atoms with Crippen LogP contribution < -0.4 is 0 Å². The third kappa shape index (κ3) is 4.49. The molecule has 0 radical (unpaired) electrons. The van der Waals surface area contributed by atoms with Gasteiger partial charge in [0.15, 0.2) is 12.4 Å². The number of rotatable bonds is 7. The van der Waals surface area contributed by atoms with E-state index in [1.165, 1.54) is 7.11 Å². The largest absolute Gasteiger partial charge is 0.466 e. The van der Waals surface area contributed by atoms with Crippen LogP contribution in [-0.4, -0.2) is 36.4 Å². The highest BCUT2D eigenvalue weighted by Crippen LogP contribution is 2.25. The van der Waals surface area contributed by atoms with E-state index in [0.717, 1.165) is 11.1 Å². The molecule has 154 valence electrons. The fourth-order valence-corrected chi connectivity index (χ4v) is 3.42. The molecule has 0 bridgehead atoms. The summed E-state index contributed by atoms with van der Waals surface area (Å²) >= 11 is 0. The predicted octanol–water partition coefficient (Wildman–Crippen LogP) is 3.78. The van der Waals surface area contributed by atoms with Crippen LogP contribution >= 0.6 is 0 Å². The van der Waals surface area contributed by atoms with Crippen LogP contribution in [0.4, 0.5) is 0 Å². The molecule has 6 heteroatoms. The van der Waals surface area contributed by atoms with Gasteiger partial charge in [0.2, 0.25) is 0 Å². The molecule has 1 heterocycles. The molecule has 2 aromatic carbocycles. The first-order valence-corrected chi connectivity index (χ1v) is 9.52. The van der Waals surface area contributed by atoms with Gasteiger partial charge >= 0.3 is 11.9 Å². The van der Waals surface area contributed by atoms with Crippen LogP contribution in [0.3, 0.4) is 0 Å². The van der Waals surface area contributed by atoms with Gasteiger partial charge in [-0.25, -0.2) is 9.59 Å². The SMILES string of the molecule is COC(=O)COC(=O)c1c(C)[nH]c(C)c1C(=O)c1ccccc1Cc1ccccc1. The number of benzene rings is 2. The lowest BCUT2D eigenvalue weighted by Crippen LogP contribution is -2.18. The summed E-state index contributed by atoms with van der Waals surface area (Å²) < 4.78 is 9.54. The standard InChI is InChI=1S/C24H23NO5/c1-15-21(22(16(2)25-15)24(28)30-14-20(26)29-3)23(27)19-12-8-7-11-18(19)13-17-9-5-4-6-10-17/h4-12,25H,13-14H2,1-3H3. The monoisotopic (exact) mass is 405 g/mol. The van der Waals surface area contributed by atoms with Gasteiger partial charge in [0, 0.05) is 17.0 Å². The van der Waals surface area contributed by atoms with Gasteiger partial charge in [-0.2, -0.15) is 0 Å². The number of hydrogen-bond acceptors (Lipinski definition) is 5. The molecule has 0 unspecified atom stereocenters. The molecule has 0 saturated carbocycles. The van der Waals surface area contributed by atoms with Crippen molar-refractivity contribution in [3.63, 3.8) is 0 Å². The highest BCUT2D eigenvalue weighted by Gasteiger charge is 2.27. The van der Waals surface area contributed by atoms with E-state index < -0.39 is 18.5 Å². The van der Waals surface area contributed by atoms with Crippen LogP contribution in [0.1, 0.15) is 48.8 Å². The van der Waals surface area contributed by atoms with Gasteiger partial charge in [0.25, 0.3) is 0 Å². The molecule has 0 aliphatic rings. The van der Waals surface area contributed by atoms with Crippen molar-refractivity contribution in [2.75, 3.05) is 13.7 Å². The number of aromatic nitrogens is 1. The number of aryl methyl sites for hydroxylation is 2. The minimum absolute atomic E-state index is 0.135. The minimum atomic E-state index is -0.744. The summed E-state index contributed by atoms with van der Waals surface area (Å²) in [5.74, 6) is -1.69. The number of H-pyrrole nitrogens is 1. The topological polar surface area (TPSA) is 85.5 Å². The molecule has 3 aromatic rings. The number of methoxy groups -OCH3 is 1. The van der Waals surface area contributed by atoms with Gasteiger partial charge in [0.05, 0.1) is 18.2 Å². The van der Waals surface area contributed by atoms with Crippen molar-refractivity contribution in [1.82, 2.24) is 4.98 Å². The summed E-state index contributed by atoms with van der Waals surface area (Å²) in [6, 6.07) is 17.2. The minimum Gasteiger partial charge on any atom is -0.466 e. The van der Waals surface area contributed by atoms with E-state index >= 15 is 0 Å². The van der Waals surface area contributed by atoms with E-state index in [0.29, 0.717) is 23.4 Å². The van der Waals surface area contributed by atoms with Gasteiger partial charge in [-0.05, 0) is 31.4 Å². The zero-order chi connectivity index (χ0) is 21.7. The molecule has 3 rings (SSSR count). The van der Waals surface area contributed by atoms with Crippen molar-refractivity contribution >= 4 is 17.7 Å². The summed E-state index contributed by atoms with van der Waals surface area (Å²) in [7, 11) is 1.21. The zero-order valence-corrected chi connectivity index (χ0v) is 17.2. The molecule has 0 fully saturated rings. The molecule has 0 aliphatic carbocycles. The van der Waals surface area contributed by atoms with Gasteiger partial charge < -0.3 is 14.5 Å². The predicted molar refractivity (Wildman–Crippen MR) is 112 cm³/mol. The van der Waals surface area contributed by atoms with Crippen molar-refractivity contribution in [3.8, 4) is 0 Å². The highest BCUT2D eigenvalue weighted by atomic mass is 16.6. The summed E-state index contributed by atoms with van der Waals surface area (Å²) in [6.45, 7) is 2.91. The van der Waals surface area contributed by atoms with E-state index in [1.54, 1.807) is 26.0 Å². The number of esters is 2. The van der Waals surface area contributed by atoms with Crippen molar-refractivity contribution < 1.29 is 23.9 Å². The molecular weight excluding hydrogens is 382 g/mol. The van der Waals surface area contributed by atoms with Crippen LogP contribution in [0.25, 0.3) is 0 Å². The van der Waals surface area contributed by atoms with Crippen molar-refractivity contribution in [2.45, 2.75) is 20.3 Å². The molecule has 6 nitrogen and oxygen atoms in total.